The zero-order valence-corrected chi connectivity index (χ0v) is 24.6. The van der Waals surface area contributed by atoms with Crippen LogP contribution in [-0.4, -0.2) is 45.2 Å². The van der Waals surface area contributed by atoms with Gasteiger partial charge in [0.15, 0.2) is 0 Å². The average molecular weight is 552 g/mol. The molecule has 0 saturated carbocycles. The van der Waals surface area contributed by atoms with E-state index in [0.717, 1.165) is 24.8 Å². The van der Waals surface area contributed by atoms with E-state index in [4.69, 9.17) is 31.2 Å². The molecule has 38 heavy (non-hydrogen) atoms. The number of alkyl halides is 1. The second-order valence-electron chi connectivity index (χ2n) is 11.2. The summed E-state index contributed by atoms with van der Waals surface area (Å²) in [6.45, 7) is 8.56. The molecule has 4 rings (SSSR count). The largest absolute Gasteiger partial charge is 0.407 e. The van der Waals surface area contributed by atoms with Gasteiger partial charge in [0.05, 0.1) is 30.3 Å². The monoisotopic (exact) mass is 551 g/mol. The Morgan fingerprint density at radius 2 is 1.39 bits per heavy atom. The zero-order chi connectivity index (χ0) is 27.0. The molecule has 0 aromatic heterocycles. The van der Waals surface area contributed by atoms with Crippen LogP contribution >= 0.6 is 11.6 Å². The molecule has 6 heteroatoms. The van der Waals surface area contributed by atoms with E-state index in [1.165, 1.54) is 10.4 Å². The van der Waals surface area contributed by atoms with E-state index in [1.54, 1.807) is 0 Å². The molecule has 3 aromatic rings. The van der Waals surface area contributed by atoms with E-state index in [0.29, 0.717) is 19.8 Å². The highest BCUT2D eigenvalue weighted by molar-refractivity contribution is 6.99. The Labute approximate surface area is 234 Å². The Kier molecular flexibility index (Phi) is 10.2. The summed E-state index contributed by atoms with van der Waals surface area (Å²) in [5.74, 6) is 0. The van der Waals surface area contributed by atoms with Gasteiger partial charge in [-0.1, -0.05) is 112 Å². The summed E-state index contributed by atoms with van der Waals surface area (Å²) < 4.78 is 19.9. The lowest BCUT2D eigenvalue weighted by atomic mass is 9.96. The third-order valence-corrected chi connectivity index (χ3v) is 13.0. The van der Waals surface area contributed by atoms with Crippen molar-refractivity contribution in [1.82, 2.24) is 0 Å². The average Bonchev–Trinajstić information content (AvgIpc) is 2.92. The van der Waals surface area contributed by atoms with E-state index >= 15 is 0 Å². The molecule has 0 radical (unpaired) electrons. The lowest BCUT2D eigenvalue weighted by Gasteiger charge is -2.44. The predicted octanol–water partition coefficient (Wildman–Crippen LogP) is 5.65. The van der Waals surface area contributed by atoms with Crippen LogP contribution in [0.15, 0.2) is 91.0 Å². The van der Waals surface area contributed by atoms with Crippen LogP contribution in [0.5, 0.6) is 0 Å². The maximum absolute atomic E-state index is 7.09. The van der Waals surface area contributed by atoms with Gasteiger partial charge < -0.3 is 19.6 Å². The number of ether oxygens (including phenoxy) is 2. The molecular formula is C32H42ClNO3Si. The van der Waals surface area contributed by atoms with Gasteiger partial charge in [0.25, 0.3) is 8.32 Å². The van der Waals surface area contributed by atoms with Crippen molar-refractivity contribution in [3.63, 3.8) is 0 Å². The molecule has 0 bridgehead atoms. The van der Waals surface area contributed by atoms with Gasteiger partial charge in [-0.05, 0) is 46.8 Å². The van der Waals surface area contributed by atoms with Crippen LogP contribution in [-0.2, 0) is 20.5 Å². The molecule has 0 amide bonds. The molecule has 1 heterocycles. The summed E-state index contributed by atoms with van der Waals surface area (Å²) in [5, 5.41) is 2.34. The normalized spacial score (nSPS) is 22.3. The molecule has 1 fully saturated rings. The molecule has 0 unspecified atom stereocenters. The van der Waals surface area contributed by atoms with Crippen molar-refractivity contribution in [1.29, 1.82) is 0 Å². The summed E-state index contributed by atoms with van der Waals surface area (Å²) in [6.07, 6.45) is 1.96. The third-order valence-electron chi connectivity index (χ3n) is 7.52. The van der Waals surface area contributed by atoms with Gasteiger partial charge in [-0.3, -0.25) is 0 Å². The van der Waals surface area contributed by atoms with Gasteiger partial charge in [-0.25, -0.2) is 0 Å². The van der Waals surface area contributed by atoms with Crippen LogP contribution in [0.25, 0.3) is 0 Å². The fourth-order valence-corrected chi connectivity index (χ4v) is 10.6. The number of hydrogen-bond donors (Lipinski definition) is 1. The lowest BCUT2D eigenvalue weighted by Crippen LogP contribution is -2.66. The number of hydrogen-bond acceptors (Lipinski definition) is 4. The summed E-state index contributed by atoms with van der Waals surface area (Å²) in [5.41, 5.74) is 7.10. The first-order valence-electron chi connectivity index (χ1n) is 13.8. The second-order valence-corrected chi connectivity index (χ2v) is 16.0. The van der Waals surface area contributed by atoms with Gasteiger partial charge in [0.1, 0.15) is 0 Å². The van der Waals surface area contributed by atoms with Gasteiger partial charge >= 0.3 is 0 Å². The Morgan fingerprint density at radius 1 is 0.842 bits per heavy atom. The molecule has 3 aromatic carbocycles. The minimum absolute atomic E-state index is 0.0675. The highest BCUT2D eigenvalue weighted by Crippen LogP contribution is 2.37. The number of nitrogens with two attached hydrogens (primary N) is 1. The predicted molar refractivity (Wildman–Crippen MR) is 160 cm³/mol. The van der Waals surface area contributed by atoms with Crippen LogP contribution in [0.1, 0.15) is 45.6 Å². The highest BCUT2D eigenvalue weighted by atomic mass is 35.5. The fourth-order valence-electron chi connectivity index (χ4n) is 5.63. The quantitative estimate of drug-likeness (QED) is 0.247. The molecule has 4 atom stereocenters. The number of halogens is 1. The third kappa shape index (κ3) is 6.76. The minimum atomic E-state index is -2.60. The van der Waals surface area contributed by atoms with Crippen LogP contribution in [0, 0.1) is 0 Å². The van der Waals surface area contributed by atoms with Crippen LogP contribution in [0.2, 0.25) is 5.04 Å². The van der Waals surface area contributed by atoms with Crippen molar-refractivity contribution < 1.29 is 13.9 Å². The van der Waals surface area contributed by atoms with E-state index in [-0.39, 0.29) is 28.7 Å². The van der Waals surface area contributed by atoms with Crippen molar-refractivity contribution in [3.05, 3.63) is 96.6 Å². The molecule has 1 aliphatic heterocycles. The molecule has 2 N–H and O–H groups in total. The molecule has 204 valence electrons. The van der Waals surface area contributed by atoms with E-state index in [1.807, 2.05) is 18.2 Å². The number of rotatable bonds is 11. The van der Waals surface area contributed by atoms with Crippen LogP contribution in [0.4, 0.5) is 0 Å². The summed E-state index contributed by atoms with van der Waals surface area (Å²) in [7, 11) is -2.60. The van der Waals surface area contributed by atoms with Crippen molar-refractivity contribution in [2.75, 3.05) is 13.2 Å². The maximum Gasteiger partial charge on any atom is 0.261 e. The summed E-state index contributed by atoms with van der Waals surface area (Å²) in [6, 6.07) is 31.7. The van der Waals surface area contributed by atoms with Crippen molar-refractivity contribution >= 4 is 30.3 Å². The van der Waals surface area contributed by atoms with Crippen molar-refractivity contribution in [2.24, 2.45) is 5.73 Å². The van der Waals surface area contributed by atoms with Gasteiger partial charge in [0.2, 0.25) is 0 Å². The van der Waals surface area contributed by atoms with E-state index in [9.17, 15) is 0 Å². The van der Waals surface area contributed by atoms with Gasteiger partial charge in [-0.2, -0.15) is 0 Å². The lowest BCUT2D eigenvalue weighted by molar-refractivity contribution is -0.146. The molecule has 0 aliphatic carbocycles. The molecular weight excluding hydrogens is 510 g/mol. The van der Waals surface area contributed by atoms with Crippen molar-refractivity contribution in [3.8, 4) is 0 Å². The van der Waals surface area contributed by atoms with Gasteiger partial charge in [-0.15, -0.1) is 11.6 Å². The Bertz CT molecular complexity index is 1050. The fraction of sp³-hybridized carbons (Fsp3) is 0.438. The second kappa shape index (κ2) is 13.4. The van der Waals surface area contributed by atoms with Gasteiger partial charge in [0, 0.05) is 6.61 Å². The standard InChI is InChI=1S/C32H42ClNO3Si/c1-32(2,3)38(26-15-9-5-10-16-26,27-17-11-6-12-18-27)36-22-20-29-28(33)23-31(30(37-29)19-21-34)35-24-25-13-7-4-8-14-25/h4-18,28-31H,19-24,34H2,1-3H3/t28-,29-,30+,31+/m0/s1. The number of benzene rings is 3. The Hall–Kier alpha value is -1.99. The highest BCUT2D eigenvalue weighted by Gasteiger charge is 2.50. The molecule has 0 spiro atoms. The Morgan fingerprint density at radius 3 is 1.92 bits per heavy atom. The molecule has 1 aliphatic rings. The zero-order valence-electron chi connectivity index (χ0n) is 22.9. The van der Waals surface area contributed by atoms with Crippen LogP contribution < -0.4 is 16.1 Å². The van der Waals surface area contributed by atoms with E-state index in [2.05, 4.69) is 93.6 Å². The first kappa shape index (κ1) is 29.0. The molecule has 1 saturated heterocycles. The summed E-state index contributed by atoms with van der Waals surface area (Å²) >= 11 is 6.92. The first-order valence-corrected chi connectivity index (χ1v) is 16.1. The molecule has 4 nitrogen and oxygen atoms in total. The smallest absolute Gasteiger partial charge is 0.261 e. The SMILES string of the molecule is CC(C)(C)[Si](OCC[C@@H]1O[C@H](CCN)[C@H](OCc2ccccc2)C[C@@H]1Cl)(c1ccccc1)c1ccccc1. The summed E-state index contributed by atoms with van der Waals surface area (Å²) in [4.78, 5) is 0. The first-order chi connectivity index (χ1) is 18.3. The topological polar surface area (TPSA) is 53.7 Å². The maximum atomic E-state index is 7.09. The van der Waals surface area contributed by atoms with Crippen LogP contribution in [0.3, 0.4) is 0 Å². The Balaban J connectivity index is 1.47. The minimum Gasteiger partial charge on any atom is -0.407 e. The van der Waals surface area contributed by atoms with Crippen molar-refractivity contribution in [2.45, 2.75) is 75.4 Å². The van der Waals surface area contributed by atoms with E-state index < -0.39 is 8.32 Å².